The maximum absolute atomic E-state index is 13.4. The fourth-order valence-electron chi connectivity index (χ4n) is 3.53. The summed E-state index contributed by atoms with van der Waals surface area (Å²) in [4.78, 5) is 26.8. The number of aryl methyl sites for hydroxylation is 1. The van der Waals surface area contributed by atoms with Gasteiger partial charge in [0.15, 0.2) is 6.10 Å². The second-order valence-electron chi connectivity index (χ2n) is 7.47. The molecule has 0 spiro atoms. The third kappa shape index (κ3) is 5.11. The van der Waals surface area contributed by atoms with E-state index >= 15 is 0 Å². The van der Waals surface area contributed by atoms with Gasteiger partial charge < -0.3 is 14.4 Å². The molecule has 1 aliphatic heterocycles. The van der Waals surface area contributed by atoms with Crippen molar-refractivity contribution < 1.29 is 27.5 Å². The Balaban J connectivity index is 1.83. The third-order valence-corrected chi connectivity index (χ3v) is 7.32. The molecule has 1 aliphatic rings. The number of esters is 1. The van der Waals surface area contributed by atoms with E-state index in [9.17, 15) is 18.0 Å². The SMILES string of the molecule is CCN(c1ccccc1)S(=O)(=O)c1cc(C(=O)OC(C)C(=O)N2CCOCC2)ccc1C. The zero-order chi connectivity index (χ0) is 23.3. The molecule has 1 saturated heterocycles. The molecule has 0 bridgehead atoms. The molecule has 0 N–H and O–H groups in total. The van der Waals surface area contributed by atoms with Crippen LogP contribution in [-0.2, 0) is 24.3 Å². The van der Waals surface area contributed by atoms with Crippen molar-refractivity contribution in [3.8, 4) is 0 Å². The van der Waals surface area contributed by atoms with Crippen LogP contribution in [0.15, 0.2) is 53.4 Å². The van der Waals surface area contributed by atoms with E-state index in [-0.39, 0.29) is 22.9 Å². The summed E-state index contributed by atoms with van der Waals surface area (Å²) in [5.41, 5.74) is 1.11. The summed E-state index contributed by atoms with van der Waals surface area (Å²) in [5, 5.41) is 0. The largest absolute Gasteiger partial charge is 0.449 e. The van der Waals surface area contributed by atoms with Crippen molar-refractivity contribution in [3.05, 3.63) is 59.7 Å². The Morgan fingerprint density at radius 2 is 1.78 bits per heavy atom. The minimum absolute atomic E-state index is 0.0183. The lowest BCUT2D eigenvalue weighted by atomic mass is 10.1. The first-order valence-electron chi connectivity index (χ1n) is 10.5. The Hall–Kier alpha value is -2.91. The molecule has 1 amide bonds. The number of rotatable bonds is 7. The number of nitrogens with zero attached hydrogens (tertiary/aromatic N) is 2. The van der Waals surface area contributed by atoms with Gasteiger partial charge in [0.25, 0.3) is 15.9 Å². The highest BCUT2D eigenvalue weighted by atomic mass is 32.2. The van der Waals surface area contributed by atoms with E-state index in [0.29, 0.717) is 37.6 Å². The minimum atomic E-state index is -3.92. The van der Waals surface area contributed by atoms with E-state index in [0.717, 1.165) is 0 Å². The second kappa shape index (κ2) is 10.1. The number of carbonyl (C=O) groups is 2. The van der Waals surface area contributed by atoms with Crippen LogP contribution >= 0.6 is 0 Å². The molecule has 3 rings (SSSR count). The van der Waals surface area contributed by atoms with Crippen molar-refractivity contribution in [2.75, 3.05) is 37.2 Å². The maximum atomic E-state index is 13.4. The summed E-state index contributed by atoms with van der Waals surface area (Å²) < 4.78 is 38.7. The molecule has 172 valence electrons. The van der Waals surface area contributed by atoms with Crippen molar-refractivity contribution in [2.24, 2.45) is 0 Å². The van der Waals surface area contributed by atoms with E-state index in [4.69, 9.17) is 9.47 Å². The number of hydrogen-bond acceptors (Lipinski definition) is 6. The van der Waals surface area contributed by atoms with Crippen LogP contribution in [-0.4, -0.2) is 64.1 Å². The summed E-state index contributed by atoms with van der Waals surface area (Å²) in [6.45, 7) is 6.94. The molecule has 2 aromatic rings. The fourth-order valence-corrected chi connectivity index (χ4v) is 5.26. The zero-order valence-corrected chi connectivity index (χ0v) is 19.3. The lowest BCUT2D eigenvalue weighted by Gasteiger charge is -2.29. The van der Waals surface area contributed by atoms with Gasteiger partial charge >= 0.3 is 5.97 Å². The van der Waals surface area contributed by atoms with Gasteiger partial charge in [-0.3, -0.25) is 9.10 Å². The van der Waals surface area contributed by atoms with Crippen molar-refractivity contribution in [2.45, 2.75) is 31.8 Å². The number of ether oxygens (including phenoxy) is 2. The standard InChI is InChI=1S/C23H28N2O6S/c1-4-25(20-8-6-5-7-9-20)32(28,29)21-16-19(11-10-17(21)2)23(27)31-18(3)22(26)24-12-14-30-15-13-24/h5-11,16,18H,4,12-15H2,1-3H3. The molecule has 1 atom stereocenters. The number of para-hydroxylation sites is 1. The number of amides is 1. The Bertz CT molecular complexity index is 1070. The van der Waals surface area contributed by atoms with E-state index in [1.165, 1.54) is 23.4 Å². The second-order valence-corrected chi connectivity index (χ2v) is 9.30. The van der Waals surface area contributed by atoms with Crippen LogP contribution in [0.2, 0.25) is 0 Å². The minimum Gasteiger partial charge on any atom is -0.449 e. The number of carbonyl (C=O) groups excluding carboxylic acids is 2. The van der Waals surface area contributed by atoms with Crippen molar-refractivity contribution in [3.63, 3.8) is 0 Å². The molecule has 9 heteroatoms. The van der Waals surface area contributed by atoms with Gasteiger partial charge in [0.2, 0.25) is 0 Å². The van der Waals surface area contributed by atoms with Gasteiger partial charge in [-0.05, 0) is 50.6 Å². The first-order chi connectivity index (χ1) is 15.3. The smallest absolute Gasteiger partial charge is 0.338 e. The first kappa shape index (κ1) is 23.7. The number of sulfonamides is 1. The topological polar surface area (TPSA) is 93.2 Å². The molecule has 32 heavy (non-hydrogen) atoms. The van der Waals surface area contributed by atoms with Gasteiger partial charge in [0.05, 0.1) is 29.4 Å². The highest BCUT2D eigenvalue weighted by Crippen LogP contribution is 2.26. The van der Waals surface area contributed by atoms with Crippen LogP contribution in [0.4, 0.5) is 5.69 Å². The number of anilines is 1. The van der Waals surface area contributed by atoms with Gasteiger partial charge in [-0.25, -0.2) is 13.2 Å². The molecule has 2 aromatic carbocycles. The summed E-state index contributed by atoms with van der Waals surface area (Å²) in [6, 6.07) is 13.1. The maximum Gasteiger partial charge on any atom is 0.338 e. The van der Waals surface area contributed by atoms with Crippen LogP contribution in [0, 0.1) is 6.92 Å². The highest BCUT2D eigenvalue weighted by Gasteiger charge is 2.29. The lowest BCUT2D eigenvalue weighted by molar-refractivity contribution is -0.143. The number of hydrogen-bond donors (Lipinski definition) is 0. The van der Waals surface area contributed by atoms with E-state index in [1.807, 2.05) is 6.07 Å². The van der Waals surface area contributed by atoms with Crippen molar-refractivity contribution in [1.82, 2.24) is 4.90 Å². The zero-order valence-electron chi connectivity index (χ0n) is 18.5. The van der Waals surface area contributed by atoms with Crippen molar-refractivity contribution in [1.29, 1.82) is 0 Å². The van der Waals surface area contributed by atoms with Crippen molar-refractivity contribution >= 4 is 27.6 Å². The fraction of sp³-hybridized carbons (Fsp3) is 0.391. The number of morpholine rings is 1. The summed E-state index contributed by atoms with van der Waals surface area (Å²) >= 11 is 0. The molecule has 1 heterocycles. The van der Waals surface area contributed by atoms with Gasteiger partial charge in [-0.1, -0.05) is 24.3 Å². The van der Waals surface area contributed by atoms with E-state index < -0.39 is 22.1 Å². The highest BCUT2D eigenvalue weighted by molar-refractivity contribution is 7.92. The third-order valence-electron chi connectivity index (χ3n) is 5.28. The Morgan fingerprint density at radius 1 is 1.12 bits per heavy atom. The van der Waals surface area contributed by atoms with Crippen LogP contribution in [0.5, 0.6) is 0 Å². The molecule has 0 radical (unpaired) electrons. The Labute approximate surface area is 188 Å². The quantitative estimate of drug-likeness (QED) is 0.590. The molecule has 8 nitrogen and oxygen atoms in total. The van der Waals surface area contributed by atoms with Gasteiger partial charge in [0.1, 0.15) is 0 Å². The molecular weight excluding hydrogens is 432 g/mol. The molecule has 0 aliphatic carbocycles. The average molecular weight is 461 g/mol. The monoisotopic (exact) mass is 460 g/mol. The van der Waals surface area contributed by atoms with Crippen LogP contribution < -0.4 is 4.31 Å². The van der Waals surface area contributed by atoms with Crippen LogP contribution in [0.1, 0.15) is 29.8 Å². The summed E-state index contributed by atoms with van der Waals surface area (Å²) in [6.07, 6.45) is -0.988. The van der Waals surface area contributed by atoms with E-state index in [2.05, 4.69) is 0 Å². The van der Waals surface area contributed by atoms with Crippen LogP contribution in [0.3, 0.4) is 0 Å². The molecule has 1 unspecified atom stereocenters. The summed E-state index contributed by atoms with van der Waals surface area (Å²) in [7, 11) is -3.92. The Kier molecular flexibility index (Phi) is 7.52. The molecular formula is C23H28N2O6S. The normalized spacial score (nSPS) is 15.2. The molecule has 0 saturated carbocycles. The predicted octanol–water partition coefficient (Wildman–Crippen LogP) is 2.61. The van der Waals surface area contributed by atoms with E-state index in [1.54, 1.807) is 49.1 Å². The molecule has 1 fully saturated rings. The lowest BCUT2D eigenvalue weighted by Crippen LogP contribution is -2.46. The first-order valence-corrected chi connectivity index (χ1v) is 12.0. The molecule has 0 aromatic heterocycles. The number of benzene rings is 2. The van der Waals surface area contributed by atoms with Gasteiger partial charge in [-0.2, -0.15) is 0 Å². The average Bonchev–Trinajstić information content (AvgIpc) is 2.80. The predicted molar refractivity (Wildman–Crippen MR) is 120 cm³/mol. The van der Waals surface area contributed by atoms with Gasteiger partial charge in [0, 0.05) is 19.6 Å². The van der Waals surface area contributed by atoms with Crippen LogP contribution in [0.25, 0.3) is 0 Å². The summed E-state index contributed by atoms with van der Waals surface area (Å²) in [5.74, 6) is -1.05. The van der Waals surface area contributed by atoms with Gasteiger partial charge in [-0.15, -0.1) is 0 Å². The Morgan fingerprint density at radius 3 is 2.41 bits per heavy atom.